The van der Waals surface area contributed by atoms with Crippen molar-refractivity contribution in [3.05, 3.63) is 0 Å². The average molecular weight is 1350 g/mol. The summed E-state index contributed by atoms with van der Waals surface area (Å²) in [6.07, 6.45) is 48.6. The van der Waals surface area contributed by atoms with Gasteiger partial charge in [-0.25, -0.2) is 9.13 Å². The van der Waals surface area contributed by atoms with Gasteiger partial charge in [0.15, 0.2) is 12.2 Å². The van der Waals surface area contributed by atoms with E-state index in [0.29, 0.717) is 25.7 Å². The largest absolute Gasteiger partial charge is 0.472 e. The zero-order valence-corrected chi connectivity index (χ0v) is 61.8. The van der Waals surface area contributed by atoms with Gasteiger partial charge in [-0.05, 0) is 43.4 Å². The molecule has 5 atom stereocenters. The van der Waals surface area contributed by atoms with Crippen molar-refractivity contribution in [2.45, 2.75) is 388 Å². The molecule has 546 valence electrons. The Bertz CT molecular complexity index is 1800. The van der Waals surface area contributed by atoms with Crippen LogP contribution in [-0.4, -0.2) is 96.7 Å². The van der Waals surface area contributed by atoms with Crippen molar-refractivity contribution in [2.24, 2.45) is 17.8 Å². The van der Waals surface area contributed by atoms with E-state index in [-0.39, 0.29) is 25.7 Å². The first-order valence-electron chi connectivity index (χ1n) is 37.8. The summed E-state index contributed by atoms with van der Waals surface area (Å²) in [6.45, 7) is 11.8. The Kier molecular flexibility index (Phi) is 62.4. The van der Waals surface area contributed by atoms with E-state index in [1.165, 1.54) is 180 Å². The first kappa shape index (κ1) is 90.1. The third kappa shape index (κ3) is 66.7. The number of unbranched alkanes of at least 4 members (excludes halogenated alkanes) is 39. The highest BCUT2D eigenvalue weighted by atomic mass is 31.2. The fourth-order valence-electron chi connectivity index (χ4n) is 11.1. The molecule has 0 saturated heterocycles. The fourth-order valence-corrected chi connectivity index (χ4v) is 12.7. The minimum Gasteiger partial charge on any atom is -0.462 e. The number of phosphoric ester groups is 2. The number of aliphatic hydroxyl groups is 1. The Morgan fingerprint density at radius 3 is 0.739 bits per heavy atom. The van der Waals surface area contributed by atoms with Crippen molar-refractivity contribution < 1.29 is 80.2 Å². The predicted octanol–water partition coefficient (Wildman–Crippen LogP) is 21.0. The highest BCUT2D eigenvalue weighted by Gasteiger charge is 2.30. The van der Waals surface area contributed by atoms with Gasteiger partial charge in [0.1, 0.15) is 19.3 Å². The predicted molar refractivity (Wildman–Crippen MR) is 372 cm³/mol. The molecule has 0 spiro atoms. The molecule has 0 aliphatic heterocycles. The number of aliphatic hydroxyl groups excluding tert-OH is 1. The third-order valence-corrected chi connectivity index (χ3v) is 18.8. The van der Waals surface area contributed by atoms with Gasteiger partial charge in [0.05, 0.1) is 26.4 Å². The molecule has 19 heteroatoms. The van der Waals surface area contributed by atoms with Gasteiger partial charge in [0.2, 0.25) is 0 Å². The second-order valence-corrected chi connectivity index (χ2v) is 30.7. The molecule has 0 aromatic heterocycles. The first-order valence-corrected chi connectivity index (χ1v) is 40.8. The smallest absolute Gasteiger partial charge is 0.462 e. The molecule has 3 N–H and O–H groups in total. The first-order chi connectivity index (χ1) is 44.2. The van der Waals surface area contributed by atoms with E-state index in [4.69, 9.17) is 37.0 Å². The number of carbonyl (C=O) groups excluding carboxylic acids is 4. The molecular weight excluding hydrogens is 1210 g/mol. The molecule has 0 bridgehead atoms. The number of esters is 4. The van der Waals surface area contributed by atoms with Crippen LogP contribution in [-0.2, 0) is 65.4 Å². The van der Waals surface area contributed by atoms with Crippen molar-refractivity contribution in [1.82, 2.24) is 0 Å². The molecule has 0 fully saturated rings. The van der Waals surface area contributed by atoms with Crippen molar-refractivity contribution in [3.63, 3.8) is 0 Å². The minimum atomic E-state index is -4.95. The molecule has 0 rings (SSSR count). The summed E-state index contributed by atoms with van der Waals surface area (Å²) in [6, 6.07) is 0. The van der Waals surface area contributed by atoms with Crippen LogP contribution in [0.15, 0.2) is 0 Å². The zero-order valence-electron chi connectivity index (χ0n) is 60.0. The third-order valence-electron chi connectivity index (χ3n) is 16.9. The van der Waals surface area contributed by atoms with Crippen LogP contribution < -0.4 is 0 Å². The van der Waals surface area contributed by atoms with E-state index >= 15 is 0 Å². The molecule has 0 aromatic carbocycles. The topological polar surface area (TPSA) is 237 Å². The maximum absolute atomic E-state index is 13.1. The van der Waals surface area contributed by atoms with E-state index in [9.17, 15) is 43.2 Å². The number of hydrogen-bond acceptors (Lipinski definition) is 15. The van der Waals surface area contributed by atoms with Gasteiger partial charge in [-0.2, -0.15) is 0 Å². The second kappa shape index (κ2) is 63.8. The molecule has 0 aromatic rings. The van der Waals surface area contributed by atoms with Crippen LogP contribution in [0.25, 0.3) is 0 Å². The average Bonchev–Trinajstić information content (AvgIpc) is 1.50. The normalized spacial score (nSPS) is 14.1. The van der Waals surface area contributed by atoms with Gasteiger partial charge in [0.25, 0.3) is 0 Å². The van der Waals surface area contributed by atoms with E-state index in [2.05, 4.69) is 48.5 Å². The molecule has 0 aliphatic rings. The maximum atomic E-state index is 13.1. The molecule has 17 nitrogen and oxygen atoms in total. The lowest BCUT2D eigenvalue weighted by molar-refractivity contribution is -0.161. The van der Waals surface area contributed by atoms with E-state index in [1.54, 1.807) is 0 Å². The summed E-state index contributed by atoms with van der Waals surface area (Å²) in [5.74, 6) is 0.0982. The molecule has 0 heterocycles. The number of hydrogen-bond donors (Lipinski definition) is 3. The Labute approximate surface area is 562 Å². The van der Waals surface area contributed by atoms with Gasteiger partial charge in [0, 0.05) is 25.7 Å². The monoisotopic (exact) mass is 1350 g/mol. The zero-order chi connectivity index (χ0) is 68.0. The molecule has 92 heavy (non-hydrogen) atoms. The van der Waals surface area contributed by atoms with Gasteiger partial charge in [-0.15, -0.1) is 0 Å². The standard InChI is InChI=1S/C73H142O17P2/c1-8-9-10-11-12-13-14-15-16-17-21-24-33-40-47-54-70(75)83-60-68(89-72(77)56-49-42-35-25-22-19-18-20-23-30-37-44-51-64(2)3)62-87-91(79,80)85-58-67(74)59-86-92(81,82)88-63-69(90-73(78)57-50-43-36-29-27-32-39-46-53-66(6)7)61-84-71(76)55-48-41-34-28-26-31-38-45-52-65(4)5/h64-69,74H,8-63H2,1-7H3,(H,79,80)(H,81,82)/t67-,68-,69-/m1/s1. The summed E-state index contributed by atoms with van der Waals surface area (Å²) in [7, 11) is -9.91. The highest BCUT2D eigenvalue weighted by Crippen LogP contribution is 2.45. The van der Waals surface area contributed by atoms with E-state index < -0.39 is 97.5 Å². The molecule has 0 saturated carbocycles. The Morgan fingerprint density at radius 2 is 0.500 bits per heavy atom. The number of phosphoric acid groups is 2. The fraction of sp³-hybridized carbons (Fsp3) is 0.945. The summed E-state index contributed by atoms with van der Waals surface area (Å²) in [5.41, 5.74) is 0. The molecule has 0 aliphatic carbocycles. The SMILES string of the molecule is CCCCCCCCCCCCCCCCCC(=O)OC[C@H](COP(=O)(O)OC[C@@H](O)COP(=O)(O)OC[C@@H](COC(=O)CCCCCCCCCCC(C)C)OC(=O)CCCCCCCCCCC(C)C)OC(=O)CCCCCCCCCCCCCCC(C)C. The van der Waals surface area contributed by atoms with Crippen LogP contribution in [0.5, 0.6) is 0 Å². The molecular formula is C73H142O17P2. The minimum absolute atomic E-state index is 0.104. The number of carbonyl (C=O) groups is 4. The lowest BCUT2D eigenvalue weighted by atomic mass is 10.0. The molecule has 2 unspecified atom stereocenters. The van der Waals surface area contributed by atoms with Crippen LogP contribution >= 0.6 is 15.6 Å². The van der Waals surface area contributed by atoms with Crippen LogP contribution in [0.1, 0.15) is 370 Å². The molecule has 0 amide bonds. The summed E-state index contributed by atoms with van der Waals surface area (Å²) in [5, 5.41) is 10.6. The van der Waals surface area contributed by atoms with Crippen LogP contribution in [0.4, 0.5) is 0 Å². The summed E-state index contributed by atoms with van der Waals surface area (Å²) >= 11 is 0. The summed E-state index contributed by atoms with van der Waals surface area (Å²) in [4.78, 5) is 72.7. The van der Waals surface area contributed by atoms with Crippen molar-refractivity contribution in [1.29, 1.82) is 0 Å². The Morgan fingerprint density at radius 1 is 0.293 bits per heavy atom. The van der Waals surface area contributed by atoms with Crippen LogP contribution in [0, 0.1) is 17.8 Å². The number of ether oxygens (including phenoxy) is 4. The van der Waals surface area contributed by atoms with Gasteiger partial charge < -0.3 is 33.8 Å². The Hall–Kier alpha value is -1.94. The van der Waals surface area contributed by atoms with Gasteiger partial charge in [-0.3, -0.25) is 37.3 Å². The Balaban J connectivity index is 5.25. The van der Waals surface area contributed by atoms with Crippen molar-refractivity contribution in [2.75, 3.05) is 39.6 Å². The van der Waals surface area contributed by atoms with E-state index in [1.807, 2.05) is 0 Å². The van der Waals surface area contributed by atoms with Crippen molar-refractivity contribution >= 4 is 39.5 Å². The molecule has 0 radical (unpaired) electrons. The lowest BCUT2D eigenvalue weighted by Gasteiger charge is -2.21. The van der Waals surface area contributed by atoms with Gasteiger partial charge in [-0.1, -0.05) is 318 Å². The van der Waals surface area contributed by atoms with Crippen LogP contribution in [0.2, 0.25) is 0 Å². The maximum Gasteiger partial charge on any atom is 0.472 e. The quantitative estimate of drug-likeness (QED) is 0.0222. The lowest BCUT2D eigenvalue weighted by Crippen LogP contribution is -2.30. The second-order valence-electron chi connectivity index (χ2n) is 27.8. The van der Waals surface area contributed by atoms with Crippen LogP contribution in [0.3, 0.4) is 0 Å². The number of rotatable bonds is 71. The highest BCUT2D eigenvalue weighted by molar-refractivity contribution is 7.47. The van der Waals surface area contributed by atoms with Gasteiger partial charge >= 0.3 is 39.5 Å². The summed E-state index contributed by atoms with van der Waals surface area (Å²) < 4.78 is 68.4. The van der Waals surface area contributed by atoms with Crippen molar-refractivity contribution in [3.8, 4) is 0 Å². The van der Waals surface area contributed by atoms with E-state index in [0.717, 1.165) is 108 Å².